The van der Waals surface area contributed by atoms with Crippen molar-refractivity contribution in [3.63, 3.8) is 0 Å². The average molecular weight is 325 g/mol. The summed E-state index contributed by atoms with van der Waals surface area (Å²) < 4.78 is 5.36. The van der Waals surface area contributed by atoms with E-state index in [1.54, 1.807) is 24.3 Å². The van der Waals surface area contributed by atoms with Crippen LogP contribution in [0, 0.1) is 0 Å². The zero-order chi connectivity index (χ0) is 17.4. The number of ketones is 1. The molecular weight excluding hydrogens is 306 g/mol. The summed E-state index contributed by atoms with van der Waals surface area (Å²) in [7, 11) is 0. The highest BCUT2D eigenvalue weighted by atomic mass is 16.5. The Hall–Kier alpha value is -2.95. The van der Waals surface area contributed by atoms with Crippen molar-refractivity contribution in [2.24, 2.45) is 0 Å². The number of nitrogens with one attached hydrogen (secondary N) is 1. The number of benzene rings is 2. The second kappa shape index (κ2) is 8.62. The van der Waals surface area contributed by atoms with Crippen molar-refractivity contribution < 1.29 is 19.1 Å². The van der Waals surface area contributed by atoms with E-state index in [0.29, 0.717) is 17.7 Å². The van der Waals surface area contributed by atoms with Crippen molar-refractivity contribution in [2.75, 3.05) is 6.61 Å². The summed E-state index contributed by atoms with van der Waals surface area (Å²) in [5, 5.41) is 2.69. The molecule has 2 aromatic carbocycles. The van der Waals surface area contributed by atoms with Crippen molar-refractivity contribution in [1.82, 2.24) is 5.32 Å². The maximum atomic E-state index is 12.0. The highest BCUT2D eigenvalue weighted by Crippen LogP contribution is 2.11. The average Bonchev–Trinajstić information content (AvgIpc) is 2.60. The van der Waals surface area contributed by atoms with Crippen LogP contribution in [0.3, 0.4) is 0 Å². The van der Waals surface area contributed by atoms with E-state index in [-0.39, 0.29) is 18.3 Å². The molecule has 124 valence electrons. The number of hydrogen-bond donors (Lipinski definition) is 1. The minimum absolute atomic E-state index is 0.109. The quantitative estimate of drug-likeness (QED) is 0.755. The van der Waals surface area contributed by atoms with Crippen LogP contribution in [0.25, 0.3) is 0 Å². The van der Waals surface area contributed by atoms with Crippen molar-refractivity contribution in [1.29, 1.82) is 0 Å². The Bertz CT molecular complexity index is 695. The van der Waals surface area contributed by atoms with E-state index in [1.807, 2.05) is 30.3 Å². The lowest BCUT2D eigenvalue weighted by molar-refractivity contribution is -0.128. The Labute approximate surface area is 140 Å². The standard InChI is InChI=1S/C19H19NO4/c1-14(22)18(11-15-5-3-2-4-6-15)20-19(23)13-24-17-9-7-16(12-21)8-10-17/h2-10,12,18H,11,13H2,1H3,(H,20,23). The van der Waals surface area contributed by atoms with E-state index in [2.05, 4.69) is 5.32 Å². The summed E-state index contributed by atoms with van der Waals surface area (Å²) >= 11 is 0. The lowest BCUT2D eigenvalue weighted by Gasteiger charge is -2.16. The van der Waals surface area contributed by atoms with Crippen LogP contribution in [0.5, 0.6) is 5.75 Å². The number of amides is 1. The minimum atomic E-state index is -0.582. The van der Waals surface area contributed by atoms with Crippen LogP contribution in [-0.2, 0) is 16.0 Å². The molecule has 0 aliphatic heterocycles. The first-order valence-corrected chi connectivity index (χ1v) is 7.60. The van der Waals surface area contributed by atoms with Gasteiger partial charge in [-0.3, -0.25) is 14.4 Å². The summed E-state index contributed by atoms with van der Waals surface area (Å²) in [4.78, 5) is 34.3. The third kappa shape index (κ3) is 5.35. The van der Waals surface area contributed by atoms with Gasteiger partial charge in [0, 0.05) is 5.56 Å². The molecule has 1 N–H and O–H groups in total. The molecule has 1 atom stereocenters. The molecule has 5 nitrogen and oxygen atoms in total. The molecule has 0 fully saturated rings. The molecule has 0 aromatic heterocycles. The molecule has 2 rings (SSSR count). The zero-order valence-electron chi connectivity index (χ0n) is 13.4. The van der Waals surface area contributed by atoms with Gasteiger partial charge in [-0.05, 0) is 43.2 Å². The predicted molar refractivity (Wildman–Crippen MR) is 90.1 cm³/mol. The third-order valence-electron chi connectivity index (χ3n) is 3.49. The lowest BCUT2D eigenvalue weighted by atomic mass is 10.0. The van der Waals surface area contributed by atoms with Crippen LogP contribution in [0.4, 0.5) is 0 Å². The van der Waals surface area contributed by atoms with Crippen molar-refractivity contribution >= 4 is 18.0 Å². The number of carbonyl (C=O) groups is 3. The van der Waals surface area contributed by atoms with Crippen molar-refractivity contribution in [3.05, 3.63) is 65.7 Å². The van der Waals surface area contributed by atoms with Gasteiger partial charge in [0.1, 0.15) is 12.0 Å². The summed E-state index contributed by atoms with van der Waals surface area (Å²) in [5.74, 6) is 0.00585. The first kappa shape index (κ1) is 17.4. The number of rotatable bonds is 8. The first-order chi connectivity index (χ1) is 11.6. The number of ether oxygens (including phenoxy) is 1. The molecule has 0 aliphatic rings. The number of hydrogen-bond acceptors (Lipinski definition) is 4. The lowest BCUT2D eigenvalue weighted by Crippen LogP contribution is -2.43. The first-order valence-electron chi connectivity index (χ1n) is 7.60. The van der Waals surface area contributed by atoms with Crippen LogP contribution in [-0.4, -0.2) is 30.6 Å². The Kier molecular flexibility index (Phi) is 6.25. The van der Waals surface area contributed by atoms with E-state index in [1.165, 1.54) is 6.92 Å². The largest absolute Gasteiger partial charge is 0.484 e. The van der Waals surface area contributed by atoms with Crippen molar-refractivity contribution in [2.45, 2.75) is 19.4 Å². The molecule has 0 radical (unpaired) electrons. The van der Waals surface area contributed by atoms with Gasteiger partial charge < -0.3 is 10.1 Å². The highest BCUT2D eigenvalue weighted by Gasteiger charge is 2.17. The molecule has 0 spiro atoms. The smallest absolute Gasteiger partial charge is 0.258 e. The molecule has 0 bridgehead atoms. The van der Waals surface area contributed by atoms with Gasteiger partial charge in [0.05, 0.1) is 6.04 Å². The fourth-order valence-electron chi connectivity index (χ4n) is 2.17. The molecule has 1 unspecified atom stereocenters. The van der Waals surface area contributed by atoms with E-state index in [0.717, 1.165) is 11.8 Å². The third-order valence-corrected chi connectivity index (χ3v) is 3.49. The predicted octanol–water partition coefficient (Wildman–Crippen LogP) is 2.19. The monoisotopic (exact) mass is 325 g/mol. The van der Waals surface area contributed by atoms with E-state index in [4.69, 9.17) is 4.74 Å². The van der Waals surface area contributed by atoms with Gasteiger partial charge in [0.25, 0.3) is 5.91 Å². The fourth-order valence-corrected chi connectivity index (χ4v) is 2.17. The molecular formula is C19H19NO4. The van der Waals surface area contributed by atoms with Gasteiger partial charge in [-0.15, -0.1) is 0 Å². The Morgan fingerprint density at radius 2 is 1.75 bits per heavy atom. The van der Waals surface area contributed by atoms with E-state index < -0.39 is 6.04 Å². The molecule has 0 saturated heterocycles. The molecule has 2 aromatic rings. The molecule has 5 heteroatoms. The number of aldehydes is 1. The van der Waals surface area contributed by atoms with E-state index >= 15 is 0 Å². The van der Waals surface area contributed by atoms with Crippen LogP contribution < -0.4 is 10.1 Å². The normalized spacial score (nSPS) is 11.4. The molecule has 24 heavy (non-hydrogen) atoms. The summed E-state index contributed by atoms with van der Waals surface area (Å²) in [6.45, 7) is 1.26. The zero-order valence-corrected chi connectivity index (χ0v) is 13.4. The van der Waals surface area contributed by atoms with Gasteiger partial charge in [-0.1, -0.05) is 30.3 Å². The second-order valence-electron chi connectivity index (χ2n) is 5.40. The Morgan fingerprint density at radius 3 is 2.33 bits per heavy atom. The van der Waals surface area contributed by atoms with Crippen LogP contribution in [0.1, 0.15) is 22.8 Å². The van der Waals surface area contributed by atoms with Gasteiger partial charge in [0.2, 0.25) is 0 Å². The van der Waals surface area contributed by atoms with Crippen molar-refractivity contribution in [3.8, 4) is 5.75 Å². The van der Waals surface area contributed by atoms with Gasteiger partial charge in [0.15, 0.2) is 12.4 Å². The molecule has 0 saturated carbocycles. The van der Waals surface area contributed by atoms with Gasteiger partial charge >= 0.3 is 0 Å². The Balaban J connectivity index is 1.88. The van der Waals surface area contributed by atoms with Crippen LogP contribution in [0.2, 0.25) is 0 Å². The summed E-state index contributed by atoms with van der Waals surface area (Å²) in [5.41, 5.74) is 1.51. The van der Waals surface area contributed by atoms with Crippen LogP contribution >= 0.6 is 0 Å². The molecule has 1 amide bonds. The second-order valence-corrected chi connectivity index (χ2v) is 5.40. The fraction of sp³-hybridized carbons (Fsp3) is 0.211. The Morgan fingerprint density at radius 1 is 1.08 bits per heavy atom. The summed E-state index contributed by atoms with van der Waals surface area (Å²) in [6, 6.07) is 15.4. The van der Waals surface area contributed by atoms with Gasteiger partial charge in [-0.2, -0.15) is 0 Å². The molecule has 0 aliphatic carbocycles. The highest BCUT2D eigenvalue weighted by molar-refractivity contribution is 5.88. The minimum Gasteiger partial charge on any atom is -0.484 e. The SMILES string of the molecule is CC(=O)C(Cc1ccccc1)NC(=O)COc1ccc(C=O)cc1. The van der Waals surface area contributed by atoms with E-state index in [9.17, 15) is 14.4 Å². The molecule has 0 heterocycles. The maximum absolute atomic E-state index is 12.0. The van der Waals surface area contributed by atoms with Crippen LogP contribution in [0.15, 0.2) is 54.6 Å². The van der Waals surface area contributed by atoms with Gasteiger partial charge in [-0.25, -0.2) is 0 Å². The maximum Gasteiger partial charge on any atom is 0.258 e. The number of carbonyl (C=O) groups excluding carboxylic acids is 3. The summed E-state index contributed by atoms with van der Waals surface area (Å²) in [6.07, 6.45) is 1.17. The topological polar surface area (TPSA) is 72.5 Å². The number of Topliss-reactive ketones (excluding diaryl/α,β-unsaturated/α-hetero) is 1.